The Balaban J connectivity index is 2.38. The van der Waals surface area contributed by atoms with E-state index in [0.717, 1.165) is 18.6 Å². The molecule has 2 unspecified atom stereocenters. The fourth-order valence-corrected chi connectivity index (χ4v) is 2.33. The van der Waals surface area contributed by atoms with Crippen molar-refractivity contribution in [3.63, 3.8) is 0 Å². The van der Waals surface area contributed by atoms with Crippen molar-refractivity contribution >= 4 is 0 Å². The molecule has 0 aromatic heterocycles. The van der Waals surface area contributed by atoms with Crippen LogP contribution in [0.5, 0.6) is 5.75 Å². The van der Waals surface area contributed by atoms with E-state index >= 15 is 0 Å². The molecule has 1 aromatic carbocycles. The van der Waals surface area contributed by atoms with Crippen molar-refractivity contribution in [3.8, 4) is 5.75 Å². The fraction of sp³-hybridized carbons (Fsp3) is 0.538. The van der Waals surface area contributed by atoms with E-state index in [4.69, 9.17) is 15.2 Å². The van der Waals surface area contributed by atoms with Gasteiger partial charge in [-0.05, 0) is 19.8 Å². The lowest BCUT2D eigenvalue weighted by molar-refractivity contribution is -0.00349. The Morgan fingerprint density at radius 1 is 1.39 bits per heavy atom. The molecule has 2 atom stereocenters. The number of benzene rings is 1. The Hall–Kier alpha value is -1.20. The summed E-state index contributed by atoms with van der Waals surface area (Å²) >= 11 is 0. The average Bonchev–Trinajstić information content (AvgIpc) is 2.76. The first kappa shape index (κ1) is 13.2. The van der Waals surface area contributed by atoms with Crippen LogP contribution in [-0.4, -0.2) is 19.3 Å². The van der Waals surface area contributed by atoms with E-state index in [0.29, 0.717) is 13.0 Å². The lowest BCUT2D eigenvalue weighted by Crippen LogP contribution is -2.38. The molecule has 18 heavy (non-hydrogen) atoms. The third kappa shape index (κ3) is 2.20. The van der Waals surface area contributed by atoms with Gasteiger partial charge in [0.05, 0.1) is 18.8 Å². The molecule has 1 aromatic rings. The molecule has 0 spiro atoms. The van der Waals surface area contributed by atoms with Gasteiger partial charge >= 0.3 is 0 Å². The first-order chi connectivity index (χ1) is 8.48. The van der Waals surface area contributed by atoms with Gasteiger partial charge in [0.25, 0.3) is 0 Å². The largest absolute Gasteiger partial charge is 0.497 e. The second kappa shape index (κ2) is 4.82. The van der Waals surface area contributed by atoms with Crippen LogP contribution in [0.1, 0.15) is 31.4 Å². The molecular weight excluding hydrogens is 240 g/mol. The maximum atomic E-state index is 13.9. The van der Waals surface area contributed by atoms with Gasteiger partial charge in [0.15, 0.2) is 0 Å². The summed E-state index contributed by atoms with van der Waals surface area (Å²) in [6.45, 7) is 2.36. The summed E-state index contributed by atoms with van der Waals surface area (Å²) in [5.41, 5.74) is 5.13. The zero-order chi connectivity index (χ0) is 13.3. The maximum Gasteiger partial charge on any atom is 0.134 e. The van der Waals surface area contributed by atoms with Gasteiger partial charge in [-0.1, -0.05) is 0 Å². The van der Waals surface area contributed by atoms with E-state index in [9.17, 15) is 8.78 Å². The quantitative estimate of drug-likeness (QED) is 0.905. The van der Waals surface area contributed by atoms with Crippen molar-refractivity contribution in [2.24, 2.45) is 5.73 Å². The molecule has 2 N–H and O–H groups in total. The zero-order valence-corrected chi connectivity index (χ0v) is 10.5. The molecule has 1 saturated heterocycles. The van der Waals surface area contributed by atoms with E-state index in [1.807, 2.05) is 0 Å². The van der Waals surface area contributed by atoms with E-state index in [1.54, 1.807) is 6.92 Å². The van der Waals surface area contributed by atoms with E-state index < -0.39 is 23.3 Å². The van der Waals surface area contributed by atoms with Gasteiger partial charge < -0.3 is 15.2 Å². The summed E-state index contributed by atoms with van der Waals surface area (Å²) in [4.78, 5) is 0. The topological polar surface area (TPSA) is 44.5 Å². The van der Waals surface area contributed by atoms with Crippen molar-refractivity contribution in [3.05, 3.63) is 29.3 Å². The molecule has 0 bridgehead atoms. The summed E-state index contributed by atoms with van der Waals surface area (Å²) in [5.74, 6) is -1.26. The van der Waals surface area contributed by atoms with Gasteiger partial charge in [-0.25, -0.2) is 8.78 Å². The van der Waals surface area contributed by atoms with Crippen LogP contribution < -0.4 is 10.5 Å². The van der Waals surface area contributed by atoms with Gasteiger partial charge in [0.2, 0.25) is 0 Å². The Bertz CT molecular complexity index is 422. The van der Waals surface area contributed by atoms with Crippen LogP contribution in [0.25, 0.3) is 0 Å². The van der Waals surface area contributed by atoms with Gasteiger partial charge in [-0.3, -0.25) is 0 Å². The molecule has 0 aliphatic carbocycles. The molecule has 100 valence electrons. The highest BCUT2D eigenvalue weighted by molar-refractivity contribution is 5.33. The summed E-state index contributed by atoms with van der Waals surface area (Å²) < 4.78 is 38.2. The van der Waals surface area contributed by atoms with E-state index in [-0.39, 0.29) is 11.3 Å². The predicted molar refractivity (Wildman–Crippen MR) is 63.4 cm³/mol. The first-order valence-corrected chi connectivity index (χ1v) is 5.90. The third-order valence-corrected chi connectivity index (χ3v) is 3.51. The summed E-state index contributed by atoms with van der Waals surface area (Å²) in [6.07, 6.45) is 1.54. The van der Waals surface area contributed by atoms with Gasteiger partial charge in [-0.2, -0.15) is 0 Å². The molecule has 5 heteroatoms. The van der Waals surface area contributed by atoms with Crippen molar-refractivity contribution < 1.29 is 18.3 Å². The second-order valence-corrected chi connectivity index (χ2v) is 4.75. The minimum absolute atomic E-state index is 0.137. The van der Waals surface area contributed by atoms with Crippen molar-refractivity contribution in [1.82, 2.24) is 0 Å². The number of hydrogen-bond acceptors (Lipinski definition) is 3. The minimum Gasteiger partial charge on any atom is -0.497 e. The Kier molecular flexibility index (Phi) is 3.54. The molecular formula is C13H17F2NO2. The number of nitrogens with two attached hydrogens (primary N) is 1. The summed E-state index contributed by atoms with van der Waals surface area (Å²) in [7, 11) is 1.36. The normalized spacial score (nSPS) is 25.2. The van der Waals surface area contributed by atoms with E-state index in [2.05, 4.69) is 0 Å². The predicted octanol–water partition coefficient (Wildman–Crippen LogP) is 2.54. The number of rotatable bonds is 3. The molecule has 3 nitrogen and oxygen atoms in total. The Labute approximate surface area is 105 Å². The van der Waals surface area contributed by atoms with Gasteiger partial charge in [0, 0.05) is 24.3 Å². The fourth-order valence-electron chi connectivity index (χ4n) is 2.33. The lowest BCUT2D eigenvalue weighted by atomic mass is 9.88. The van der Waals surface area contributed by atoms with Gasteiger partial charge in [0.1, 0.15) is 17.4 Å². The lowest BCUT2D eigenvalue weighted by Gasteiger charge is -2.31. The number of hydrogen-bond donors (Lipinski definition) is 1. The summed E-state index contributed by atoms with van der Waals surface area (Å²) in [6, 6.07) is 1.44. The molecule has 0 saturated carbocycles. The number of halogens is 2. The first-order valence-electron chi connectivity index (χ1n) is 5.90. The zero-order valence-electron chi connectivity index (χ0n) is 10.5. The molecule has 0 amide bonds. The molecule has 1 heterocycles. The van der Waals surface area contributed by atoms with Crippen LogP contribution in [0.15, 0.2) is 12.1 Å². The Morgan fingerprint density at radius 2 is 2.00 bits per heavy atom. The monoisotopic (exact) mass is 257 g/mol. The molecule has 2 rings (SSSR count). The van der Waals surface area contributed by atoms with E-state index in [1.165, 1.54) is 7.11 Å². The van der Waals surface area contributed by atoms with Crippen molar-refractivity contribution in [2.45, 2.75) is 31.4 Å². The smallest absolute Gasteiger partial charge is 0.134 e. The molecule has 1 aliphatic heterocycles. The summed E-state index contributed by atoms with van der Waals surface area (Å²) in [5, 5.41) is 0. The Morgan fingerprint density at radius 3 is 2.44 bits per heavy atom. The highest BCUT2D eigenvalue weighted by Crippen LogP contribution is 2.38. The van der Waals surface area contributed by atoms with Crippen molar-refractivity contribution in [1.29, 1.82) is 0 Å². The highest BCUT2D eigenvalue weighted by atomic mass is 19.1. The van der Waals surface area contributed by atoms with Gasteiger partial charge in [-0.15, -0.1) is 0 Å². The minimum atomic E-state index is -0.828. The van der Waals surface area contributed by atoms with Crippen LogP contribution in [0, 0.1) is 11.6 Å². The number of ether oxygens (including phenoxy) is 2. The standard InChI is InChI=1S/C13H17F2NO2/c1-13(4-3-5-18-13)12(16)11-9(14)6-8(17-2)7-10(11)15/h6-7,12H,3-5,16H2,1-2H3. The second-order valence-electron chi connectivity index (χ2n) is 4.75. The third-order valence-electron chi connectivity index (χ3n) is 3.51. The van der Waals surface area contributed by atoms with Crippen LogP contribution in [0.4, 0.5) is 8.78 Å². The SMILES string of the molecule is COc1cc(F)c(C(N)C2(C)CCCO2)c(F)c1. The highest BCUT2D eigenvalue weighted by Gasteiger charge is 2.39. The maximum absolute atomic E-state index is 13.9. The molecule has 1 aliphatic rings. The van der Waals surface area contributed by atoms with Crippen molar-refractivity contribution in [2.75, 3.05) is 13.7 Å². The van der Waals surface area contributed by atoms with Crippen LogP contribution in [0.3, 0.4) is 0 Å². The van der Waals surface area contributed by atoms with Crippen LogP contribution in [-0.2, 0) is 4.74 Å². The molecule has 0 radical (unpaired) electrons. The van der Waals surface area contributed by atoms with Crippen LogP contribution >= 0.6 is 0 Å². The average molecular weight is 257 g/mol. The molecule has 1 fully saturated rings. The number of methoxy groups -OCH3 is 1. The van der Waals surface area contributed by atoms with Crippen LogP contribution in [0.2, 0.25) is 0 Å².